The molecule has 3 heterocycles. The Kier molecular flexibility index (Phi) is 5.84. The molecule has 0 unspecified atom stereocenters. The van der Waals surface area contributed by atoms with Gasteiger partial charge < -0.3 is 0 Å². The van der Waals surface area contributed by atoms with Crippen LogP contribution in [0.25, 0.3) is 0 Å². The number of carbonyl (C=O) groups excluding carboxylic acids is 1. The molecular formula is C26H27N3O. The molecule has 1 aliphatic rings. The number of fused-ring (bicyclic) bond motifs is 1. The van der Waals surface area contributed by atoms with E-state index in [-0.39, 0.29) is 11.7 Å². The molecule has 0 saturated carbocycles. The number of benzene rings is 1. The van der Waals surface area contributed by atoms with Gasteiger partial charge >= 0.3 is 0 Å². The van der Waals surface area contributed by atoms with Crippen LogP contribution in [0.1, 0.15) is 65.4 Å². The number of aliphatic imine (C=N–C) groups is 1. The molecule has 1 aliphatic heterocycles. The summed E-state index contributed by atoms with van der Waals surface area (Å²) in [6.45, 7) is 6.88. The van der Waals surface area contributed by atoms with E-state index >= 15 is 0 Å². The standard InChI is InChI=1S/C26H27N3O/c1-4-22-23-15-29-26(20-10-11-27-18(3)13-20)24(23)16-28-25(22)14-21(30)12-17(2)19-8-6-5-7-9-19/h5-11,13,16-17H,4,12,14-15H2,1-3H3/t17-/m0/s1. The van der Waals surface area contributed by atoms with Crippen LogP contribution in [0.2, 0.25) is 0 Å². The third-order valence-electron chi connectivity index (χ3n) is 5.83. The van der Waals surface area contributed by atoms with Crippen LogP contribution in [-0.4, -0.2) is 21.5 Å². The van der Waals surface area contributed by atoms with Crippen molar-refractivity contribution in [3.05, 3.63) is 94.1 Å². The monoisotopic (exact) mass is 397 g/mol. The summed E-state index contributed by atoms with van der Waals surface area (Å²) in [5.41, 5.74) is 8.62. The van der Waals surface area contributed by atoms with Crippen LogP contribution >= 0.6 is 0 Å². The highest BCUT2D eigenvalue weighted by molar-refractivity contribution is 6.15. The van der Waals surface area contributed by atoms with E-state index in [1.165, 1.54) is 16.7 Å². The minimum absolute atomic E-state index is 0.211. The quantitative estimate of drug-likeness (QED) is 0.563. The predicted octanol–water partition coefficient (Wildman–Crippen LogP) is 5.00. The Balaban J connectivity index is 1.54. The average Bonchev–Trinajstić information content (AvgIpc) is 3.18. The first kappa shape index (κ1) is 20.1. The Morgan fingerprint density at radius 3 is 2.67 bits per heavy atom. The first-order chi connectivity index (χ1) is 14.6. The van der Waals surface area contributed by atoms with E-state index in [1.807, 2.05) is 43.6 Å². The second-order valence-corrected chi connectivity index (χ2v) is 8.01. The summed E-state index contributed by atoms with van der Waals surface area (Å²) >= 11 is 0. The highest BCUT2D eigenvalue weighted by atomic mass is 16.1. The molecule has 4 heteroatoms. The molecule has 1 aromatic carbocycles. The fourth-order valence-electron chi connectivity index (χ4n) is 4.27. The van der Waals surface area contributed by atoms with E-state index in [0.29, 0.717) is 19.4 Å². The van der Waals surface area contributed by atoms with E-state index in [2.05, 4.69) is 37.0 Å². The van der Waals surface area contributed by atoms with Gasteiger partial charge in [-0.1, -0.05) is 44.2 Å². The lowest BCUT2D eigenvalue weighted by atomic mass is 9.91. The minimum atomic E-state index is 0.211. The van der Waals surface area contributed by atoms with Crippen molar-refractivity contribution >= 4 is 11.5 Å². The average molecular weight is 398 g/mol. The number of pyridine rings is 2. The molecule has 4 rings (SSSR count). The van der Waals surface area contributed by atoms with Crippen molar-refractivity contribution in [2.45, 2.75) is 52.5 Å². The van der Waals surface area contributed by atoms with Gasteiger partial charge in [0.25, 0.3) is 0 Å². The molecule has 0 aliphatic carbocycles. The number of carbonyl (C=O) groups is 1. The lowest BCUT2D eigenvalue weighted by Gasteiger charge is -2.14. The molecule has 0 fully saturated rings. The molecule has 0 amide bonds. The van der Waals surface area contributed by atoms with Gasteiger partial charge in [-0.05, 0) is 48.1 Å². The predicted molar refractivity (Wildman–Crippen MR) is 120 cm³/mol. The summed E-state index contributed by atoms with van der Waals surface area (Å²) < 4.78 is 0. The molecule has 1 atom stereocenters. The van der Waals surface area contributed by atoms with Crippen LogP contribution in [-0.2, 0) is 24.2 Å². The Hall–Kier alpha value is -3.14. The number of nitrogens with zero attached hydrogens (tertiary/aromatic N) is 3. The fourth-order valence-corrected chi connectivity index (χ4v) is 4.27. The van der Waals surface area contributed by atoms with Gasteiger partial charge in [0.1, 0.15) is 5.78 Å². The van der Waals surface area contributed by atoms with Crippen LogP contribution in [0.5, 0.6) is 0 Å². The summed E-state index contributed by atoms with van der Waals surface area (Å²) in [5, 5.41) is 0. The third kappa shape index (κ3) is 4.09. The molecule has 3 aromatic rings. The molecule has 0 spiro atoms. The Morgan fingerprint density at radius 1 is 1.13 bits per heavy atom. The smallest absolute Gasteiger partial charge is 0.139 e. The molecular weight excluding hydrogens is 370 g/mol. The van der Waals surface area contributed by atoms with E-state index in [4.69, 9.17) is 9.98 Å². The number of hydrogen-bond donors (Lipinski definition) is 0. The van der Waals surface area contributed by atoms with Gasteiger partial charge in [-0.25, -0.2) is 0 Å². The first-order valence-electron chi connectivity index (χ1n) is 10.6. The van der Waals surface area contributed by atoms with Gasteiger partial charge in [-0.3, -0.25) is 19.8 Å². The maximum atomic E-state index is 12.8. The molecule has 0 bridgehead atoms. The zero-order valence-corrected chi connectivity index (χ0v) is 17.9. The Morgan fingerprint density at radius 2 is 1.93 bits per heavy atom. The third-order valence-corrected chi connectivity index (χ3v) is 5.83. The highest BCUT2D eigenvalue weighted by Gasteiger charge is 2.24. The fraction of sp³-hybridized carbons (Fsp3) is 0.308. The van der Waals surface area contributed by atoms with Crippen LogP contribution in [0.15, 0.2) is 59.9 Å². The van der Waals surface area contributed by atoms with Gasteiger partial charge in [0.2, 0.25) is 0 Å². The summed E-state index contributed by atoms with van der Waals surface area (Å²) in [5.74, 6) is 0.445. The highest BCUT2D eigenvalue weighted by Crippen LogP contribution is 2.29. The van der Waals surface area contributed by atoms with Crippen LogP contribution in [0.3, 0.4) is 0 Å². The number of hydrogen-bond acceptors (Lipinski definition) is 4. The number of aromatic nitrogens is 2. The maximum Gasteiger partial charge on any atom is 0.139 e. The van der Waals surface area contributed by atoms with Crippen molar-refractivity contribution in [1.29, 1.82) is 0 Å². The number of rotatable bonds is 7. The van der Waals surface area contributed by atoms with Crippen molar-refractivity contribution < 1.29 is 4.79 Å². The minimum Gasteiger partial charge on any atom is -0.299 e. The van der Waals surface area contributed by atoms with Gasteiger partial charge in [-0.15, -0.1) is 0 Å². The van der Waals surface area contributed by atoms with Gasteiger partial charge in [0, 0.05) is 42.1 Å². The van der Waals surface area contributed by atoms with Crippen molar-refractivity contribution in [2.24, 2.45) is 4.99 Å². The molecule has 4 nitrogen and oxygen atoms in total. The molecule has 30 heavy (non-hydrogen) atoms. The van der Waals surface area contributed by atoms with E-state index in [9.17, 15) is 4.79 Å². The largest absolute Gasteiger partial charge is 0.299 e. The number of ketones is 1. The second kappa shape index (κ2) is 8.70. The van der Waals surface area contributed by atoms with E-state index in [0.717, 1.165) is 34.6 Å². The van der Waals surface area contributed by atoms with Crippen LogP contribution < -0.4 is 0 Å². The second-order valence-electron chi connectivity index (χ2n) is 8.01. The molecule has 0 radical (unpaired) electrons. The van der Waals surface area contributed by atoms with Crippen molar-refractivity contribution in [2.75, 3.05) is 0 Å². The summed E-state index contributed by atoms with van der Waals surface area (Å²) in [6, 6.07) is 14.3. The van der Waals surface area contributed by atoms with Crippen molar-refractivity contribution in [1.82, 2.24) is 9.97 Å². The van der Waals surface area contributed by atoms with Crippen molar-refractivity contribution in [3.8, 4) is 0 Å². The van der Waals surface area contributed by atoms with E-state index < -0.39 is 0 Å². The van der Waals surface area contributed by atoms with Crippen molar-refractivity contribution in [3.63, 3.8) is 0 Å². The topological polar surface area (TPSA) is 55.2 Å². The number of Topliss-reactive ketones (excluding diaryl/α,β-unsaturated/α-hetero) is 1. The summed E-state index contributed by atoms with van der Waals surface area (Å²) in [6.07, 6.45) is 5.49. The summed E-state index contributed by atoms with van der Waals surface area (Å²) in [4.78, 5) is 26.6. The summed E-state index contributed by atoms with van der Waals surface area (Å²) in [7, 11) is 0. The lowest BCUT2D eigenvalue weighted by Crippen LogP contribution is -2.13. The molecule has 152 valence electrons. The SMILES string of the molecule is CCc1c(CC(=O)C[C@H](C)c2ccccc2)ncc2c1CN=C2c1ccnc(C)c1. The zero-order valence-electron chi connectivity index (χ0n) is 17.9. The number of aryl methyl sites for hydroxylation is 1. The first-order valence-corrected chi connectivity index (χ1v) is 10.6. The zero-order chi connectivity index (χ0) is 21.1. The lowest BCUT2D eigenvalue weighted by molar-refractivity contribution is -0.118. The molecule has 0 saturated heterocycles. The van der Waals surface area contributed by atoms with Gasteiger partial charge in [-0.2, -0.15) is 0 Å². The Labute approximate surface area is 178 Å². The maximum absolute atomic E-state index is 12.8. The normalized spacial score (nSPS) is 13.6. The van der Waals surface area contributed by atoms with Crippen LogP contribution in [0, 0.1) is 6.92 Å². The molecule has 0 N–H and O–H groups in total. The Bertz CT molecular complexity index is 1100. The van der Waals surface area contributed by atoms with Gasteiger partial charge in [0.15, 0.2) is 0 Å². The van der Waals surface area contributed by atoms with E-state index in [1.54, 1.807) is 0 Å². The molecule has 2 aromatic heterocycles. The van der Waals surface area contributed by atoms with Gasteiger partial charge in [0.05, 0.1) is 18.0 Å². The van der Waals surface area contributed by atoms with Crippen LogP contribution in [0.4, 0.5) is 0 Å².